The van der Waals surface area contributed by atoms with Crippen molar-refractivity contribution in [1.29, 1.82) is 0 Å². The van der Waals surface area contributed by atoms with Gasteiger partial charge in [-0.3, -0.25) is 4.79 Å². The van der Waals surface area contributed by atoms with E-state index in [2.05, 4.69) is 24.1 Å². The van der Waals surface area contributed by atoms with E-state index in [9.17, 15) is 4.79 Å². The molecule has 0 atom stereocenters. The number of benzene rings is 1. The Morgan fingerprint density at radius 2 is 2.00 bits per heavy atom. The Balaban J connectivity index is 2.04. The van der Waals surface area contributed by atoms with Crippen LogP contribution in [0.5, 0.6) is 0 Å². The van der Waals surface area contributed by atoms with Crippen molar-refractivity contribution in [3.63, 3.8) is 0 Å². The van der Waals surface area contributed by atoms with E-state index in [1.54, 1.807) is 0 Å². The van der Waals surface area contributed by atoms with Crippen molar-refractivity contribution in [3.05, 3.63) is 36.0 Å². The Morgan fingerprint density at radius 3 is 2.67 bits per heavy atom. The van der Waals surface area contributed by atoms with E-state index in [1.807, 2.05) is 30.3 Å². The number of carbonyl (C=O) groups is 1. The van der Waals surface area contributed by atoms with Gasteiger partial charge in [0.2, 0.25) is 0 Å². The Bertz CT molecular complexity index is 493. The molecule has 1 aromatic heterocycles. The average Bonchev–Trinajstić information content (AvgIpc) is 2.83. The molecule has 0 saturated carbocycles. The lowest BCUT2D eigenvalue weighted by Gasteiger charge is -2.12. The summed E-state index contributed by atoms with van der Waals surface area (Å²) in [5.74, 6) is 0.552. The second-order valence-electron chi connectivity index (χ2n) is 4.66. The summed E-state index contributed by atoms with van der Waals surface area (Å²) >= 11 is 0. The second-order valence-corrected chi connectivity index (χ2v) is 4.66. The molecule has 0 aliphatic carbocycles. The van der Waals surface area contributed by atoms with Gasteiger partial charge in [-0.25, -0.2) is 0 Å². The normalized spacial score (nSPS) is 11.1. The second kappa shape index (κ2) is 5.71. The van der Waals surface area contributed by atoms with Gasteiger partial charge >= 0.3 is 0 Å². The lowest BCUT2D eigenvalue weighted by molar-refractivity contribution is 0.0942. The standard InChI is InChI=1S/C15H20N2O/c1-3-11(4-2)10-16-15(18)14-9-12-7-5-6-8-13(12)17-14/h5-9,11,17H,3-4,10H2,1-2H3,(H,16,18). The summed E-state index contributed by atoms with van der Waals surface area (Å²) in [4.78, 5) is 15.2. The maximum atomic E-state index is 12.0. The molecule has 1 aromatic carbocycles. The van der Waals surface area contributed by atoms with Gasteiger partial charge in [0.15, 0.2) is 0 Å². The SMILES string of the molecule is CCC(CC)CNC(=O)c1cc2ccccc2[nH]1. The zero-order chi connectivity index (χ0) is 13.0. The number of aromatic amines is 1. The highest BCUT2D eigenvalue weighted by molar-refractivity contribution is 5.97. The van der Waals surface area contributed by atoms with Crippen molar-refractivity contribution >= 4 is 16.8 Å². The minimum atomic E-state index is -0.0156. The average molecular weight is 244 g/mol. The predicted molar refractivity (Wildman–Crippen MR) is 74.7 cm³/mol. The summed E-state index contributed by atoms with van der Waals surface area (Å²) in [6.07, 6.45) is 2.20. The van der Waals surface area contributed by atoms with E-state index in [1.165, 1.54) is 0 Å². The summed E-state index contributed by atoms with van der Waals surface area (Å²) in [6.45, 7) is 5.06. The first-order valence-electron chi connectivity index (χ1n) is 6.60. The van der Waals surface area contributed by atoms with Crippen LogP contribution in [0.15, 0.2) is 30.3 Å². The lowest BCUT2D eigenvalue weighted by Crippen LogP contribution is -2.29. The molecular weight excluding hydrogens is 224 g/mol. The molecule has 0 spiro atoms. The zero-order valence-corrected chi connectivity index (χ0v) is 11.0. The number of aromatic nitrogens is 1. The van der Waals surface area contributed by atoms with Crippen LogP contribution in [0.3, 0.4) is 0 Å². The maximum Gasteiger partial charge on any atom is 0.267 e. The fourth-order valence-electron chi connectivity index (χ4n) is 2.11. The van der Waals surface area contributed by atoms with Crippen LogP contribution in [0.2, 0.25) is 0 Å². The van der Waals surface area contributed by atoms with Crippen molar-refractivity contribution in [2.75, 3.05) is 6.54 Å². The van der Waals surface area contributed by atoms with Crippen LogP contribution in [0.4, 0.5) is 0 Å². The van der Waals surface area contributed by atoms with Gasteiger partial charge in [-0.05, 0) is 18.1 Å². The van der Waals surface area contributed by atoms with Gasteiger partial charge in [0.1, 0.15) is 5.69 Å². The van der Waals surface area contributed by atoms with Crippen LogP contribution in [0, 0.1) is 5.92 Å². The molecule has 1 amide bonds. The molecule has 0 fully saturated rings. The van der Waals surface area contributed by atoms with Gasteiger partial charge in [-0.1, -0.05) is 44.9 Å². The highest BCUT2D eigenvalue weighted by Crippen LogP contribution is 2.14. The molecule has 0 radical (unpaired) electrons. The van der Waals surface area contributed by atoms with E-state index in [-0.39, 0.29) is 5.91 Å². The number of fused-ring (bicyclic) bond motifs is 1. The van der Waals surface area contributed by atoms with Gasteiger partial charge in [-0.2, -0.15) is 0 Å². The van der Waals surface area contributed by atoms with E-state index in [0.717, 1.165) is 30.3 Å². The third kappa shape index (κ3) is 2.73. The number of carbonyl (C=O) groups excluding carboxylic acids is 1. The molecule has 0 bridgehead atoms. The van der Waals surface area contributed by atoms with Crippen LogP contribution < -0.4 is 5.32 Å². The Kier molecular flexibility index (Phi) is 4.03. The summed E-state index contributed by atoms with van der Waals surface area (Å²) in [5.41, 5.74) is 1.65. The minimum absolute atomic E-state index is 0.0156. The molecule has 2 aromatic rings. The molecule has 0 aliphatic rings. The summed E-state index contributed by atoms with van der Waals surface area (Å²) in [5, 5.41) is 4.07. The van der Waals surface area contributed by atoms with E-state index in [0.29, 0.717) is 11.6 Å². The monoisotopic (exact) mass is 244 g/mol. The van der Waals surface area contributed by atoms with Gasteiger partial charge in [0, 0.05) is 17.4 Å². The first-order valence-corrected chi connectivity index (χ1v) is 6.60. The van der Waals surface area contributed by atoms with Crippen LogP contribution in [0.1, 0.15) is 37.2 Å². The van der Waals surface area contributed by atoms with Gasteiger partial charge < -0.3 is 10.3 Å². The van der Waals surface area contributed by atoms with Crippen LogP contribution in [-0.4, -0.2) is 17.4 Å². The van der Waals surface area contributed by atoms with Crippen LogP contribution >= 0.6 is 0 Å². The molecule has 96 valence electrons. The molecule has 0 aliphatic heterocycles. The van der Waals surface area contributed by atoms with Gasteiger partial charge in [0.25, 0.3) is 5.91 Å². The number of para-hydroxylation sites is 1. The largest absolute Gasteiger partial charge is 0.351 e. The first-order chi connectivity index (χ1) is 8.74. The molecule has 3 nitrogen and oxygen atoms in total. The van der Waals surface area contributed by atoms with E-state index >= 15 is 0 Å². The fraction of sp³-hybridized carbons (Fsp3) is 0.400. The topological polar surface area (TPSA) is 44.9 Å². The van der Waals surface area contributed by atoms with E-state index in [4.69, 9.17) is 0 Å². The minimum Gasteiger partial charge on any atom is -0.351 e. The van der Waals surface area contributed by atoms with Gasteiger partial charge in [0.05, 0.1) is 0 Å². The maximum absolute atomic E-state index is 12.0. The summed E-state index contributed by atoms with van der Waals surface area (Å²) in [7, 11) is 0. The Labute approximate surface area is 108 Å². The highest BCUT2D eigenvalue weighted by Gasteiger charge is 2.10. The number of rotatable bonds is 5. The van der Waals surface area contributed by atoms with Crippen LogP contribution in [-0.2, 0) is 0 Å². The number of amides is 1. The fourth-order valence-corrected chi connectivity index (χ4v) is 2.11. The molecule has 18 heavy (non-hydrogen) atoms. The van der Waals surface area contributed by atoms with Gasteiger partial charge in [-0.15, -0.1) is 0 Å². The zero-order valence-electron chi connectivity index (χ0n) is 11.0. The predicted octanol–water partition coefficient (Wildman–Crippen LogP) is 3.33. The number of hydrogen-bond acceptors (Lipinski definition) is 1. The lowest BCUT2D eigenvalue weighted by atomic mass is 10.0. The van der Waals surface area contributed by atoms with Crippen LogP contribution in [0.25, 0.3) is 10.9 Å². The molecule has 2 N–H and O–H groups in total. The van der Waals surface area contributed by atoms with Crippen molar-refractivity contribution in [2.45, 2.75) is 26.7 Å². The third-order valence-electron chi connectivity index (χ3n) is 3.48. The molecule has 2 rings (SSSR count). The van der Waals surface area contributed by atoms with Crippen molar-refractivity contribution in [1.82, 2.24) is 10.3 Å². The number of H-pyrrole nitrogens is 1. The molecule has 0 unspecified atom stereocenters. The summed E-state index contributed by atoms with van der Waals surface area (Å²) in [6, 6.07) is 9.82. The van der Waals surface area contributed by atoms with E-state index < -0.39 is 0 Å². The smallest absolute Gasteiger partial charge is 0.267 e. The summed E-state index contributed by atoms with van der Waals surface area (Å²) < 4.78 is 0. The molecular formula is C15H20N2O. The van der Waals surface area contributed by atoms with Crippen molar-refractivity contribution in [3.8, 4) is 0 Å². The highest BCUT2D eigenvalue weighted by atomic mass is 16.1. The number of nitrogens with one attached hydrogen (secondary N) is 2. The quantitative estimate of drug-likeness (QED) is 0.832. The third-order valence-corrected chi connectivity index (χ3v) is 3.48. The van der Waals surface area contributed by atoms with Crippen molar-refractivity contribution in [2.24, 2.45) is 5.92 Å². The Hall–Kier alpha value is -1.77. The first kappa shape index (κ1) is 12.7. The number of hydrogen-bond donors (Lipinski definition) is 2. The molecule has 0 saturated heterocycles. The van der Waals surface area contributed by atoms with Crippen molar-refractivity contribution < 1.29 is 4.79 Å². The molecule has 1 heterocycles. The molecule has 3 heteroatoms. The Morgan fingerprint density at radius 1 is 1.28 bits per heavy atom.